The third kappa shape index (κ3) is 7.48. The molecule has 0 aliphatic carbocycles. The molecular weight excluding hydrogens is 234 g/mol. The highest BCUT2D eigenvalue weighted by Gasteiger charge is 2.16. The smallest absolute Gasteiger partial charge is 0.121 e. The Bertz CT molecular complexity index is 261. The van der Waals surface area contributed by atoms with E-state index in [0.717, 1.165) is 13.1 Å². The maximum Gasteiger partial charge on any atom is 0.121 e. The van der Waals surface area contributed by atoms with E-state index in [2.05, 4.69) is 29.0 Å². The van der Waals surface area contributed by atoms with Gasteiger partial charge in [0.25, 0.3) is 0 Å². The summed E-state index contributed by atoms with van der Waals surface area (Å²) in [6.07, 6.45) is 17.6. The van der Waals surface area contributed by atoms with E-state index in [-0.39, 0.29) is 6.17 Å². The van der Waals surface area contributed by atoms with Crippen LogP contribution in [0.15, 0.2) is 17.1 Å². The summed E-state index contributed by atoms with van der Waals surface area (Å²) in [5.41, 5.74) is 5.59. The molecule has 0 aromatic rings. The summed E-state index contributed by atoms with van der Waals surface area (Å²) in [4.78, 5) is 6.77. The maximum atomic E-state index is 5.59. The van der Waals surface area contributed by atoms with Crippen LogP contribution in [0.25, 0.3) is 0 Å². The summed E-state index contributed by atoms with van der Waals surface area (Å²) >= 11 is 0. The summed E-state index contributed by atoms with van der Waals surface area (Å²) in [6, 6.07) is 0. The number of rotatable bonds is 11. The third-order valence-corrected chi connectivity index (χ3v) is 3.65. The van der Waals surface area contributed by atoms with Crippen LogP contribution in [-0.4, -0.2) is 36.9 Å². The minimum atomic E-state index is 0.244. The van der Waals surface area contributed by atoms with E-state index >= 15 is 0 Å². The molecule has 0 aromatic carbocycles. The molecule has 0 saturated heterocycles. The fourth-order valence-electron chi connectivity index (χ4n) is 2.46. The Labute approximate surface area is 119 Å². The van der Waals surface area contributed by atoms with Gasteiger partial charge in [-0.15, -0.1) is 0 Å². The number of unbranched alkanes of at least 4 members (excludes halogenated alkanes) is 7. The zero-order valence-corrected chi connectivity index (χ0v) is 12.6. The number of nitrogens with zero attached hydrogens (tertiary/aromatic N) is 2. The Morgan fingerprint density at radius 3 is 2.68 bits per heavy atom. The van der Waals surface area contributed by atoms with Crippen LogP contribution in [0.5, 0.6) is 0 Å². The van der Waals surface area contributed by atoms with Gasteiger partial charge in [-0.05, 0) is 18.9 Å². The molecule has 2 N–H and O–H groups in total. The van der Waals surface area contributed by atoms with Crippen LogP contribution in [-0.2, 0) is 0 Å². The van der Waals surface area contributed by atoms with Crippen molar-refractivity contribution >= 4 is 6.21 Å². The maximum absolute atomic E-state index is 5.59. The highest BCUT2D eigenvalue weighted by Crippen LogP contribution is 2.11. The molecule has 0 spiro atoms. The fraction of sp³-hybridized carbons (Fsp3) is 0.812. The van der Waals surface area contributed by atoms with Gasteiger partial charge in [0.1, 0.15) is 6.17 Å². The molecule has 0 amide bonds. The molecule has 1 aliphatic rings. The van der Waals surface area contributed by atoms with Crippen molar-refractivity contribution in [3.8, 4) is 0 Å². The van der Waals surface area contributed by atoms with Crippen molar-refractivity contribution < 1.29 is 0 Å². The Kier molecular flexibility index (Phi) is 9.64. The van der Waals surface area contributed by atoms with Crippen LogP contribution >= 0.6 is 0 Å². The average molecular weight is 265 g/mol. The number of hydrogen-bond donors (Lipinski definition) is 1. The van der Waals surface area contributed by atoms with E-state index in [1.54, 1.807) is 0 Å². The molecule has 0 aromatic heterocycles. The highest BCUT2D eigenvalue weighted by molar-refractivity contribution is 5.62. The van der Waals surface area contributed by atoms with Crippen molar-refractivity contribution in [1.29, 1.82) is 0 Å². The molecule has 3 nitrogen and oxygen atoms in total. The van der Waals surface area contributed by atoms with Gasteiger partial charge >= 0.3 is 0 Å². The first kappa shape index (κ1) is 16.4. The Morgan fingerprint density at radius 1 is 1.21 bits per heavy atom. The van der Waals surface area contributed by atoms with Crippen LogP contribution in [0.3, 0.4) is 0 Å². The normalized spacial score (nSPS) is 19.8. The molecule has 19 heavy (non-hydrogen) atoms. The van der Waals surface area contributed by atoms with Crippen molar-refractivity contribution in [2.45, 2.75) is 64.5 Å². The summed E-state index contributed by atoms with van der Waals surface area (Å²) in [7, 11) is 0. The average Bonchev–Trinajstić information content (AvgIpc) is 2.85. The first-order chi connectivity index (χ1) is 9.38. The van der Waals surface area contributed by atoms with Crippen LogP contribution in [0, 0.1) is 0 Å². The van der Waals surface area contributed by atoms with Gasteiger partial charge in [-0.2, -0.15) is 0 Å². The minimum Gasteiger partial charge on any atom is -0.329 e. The number of allylic oxidation sites excluding steroid dienone is 1. The van der Waals surface area contributed by atoms with Crippen LogP contribution in [0.4, 0.5) is 0 Å². The molecule has 110 valence electrons. The van der Waals surface area contributed by atoms with Crippen LogP contribution in [0.1, 0.15) is 58.3 Å². The van der Waals surface area contributed by atoms with E-state index in [9.17, 15) is 0 Å². The van der Waals surface area contributed by atoms with Crippen molar-refractivity contribution in [2.75, 3.05) is 19.6 Å². The van der Waals surface area contributed by atoms with Crippen LogP contribution < -0.4 is 5.73 Å². The summed E-state index contributed by atoms with van der Waals surface area (Å²) in [5, 5.41) is 0. The van der Waals surface area contributed by atoms with Gasteiger partial charge in [0.15, 0.2) is 0 Å². The topological polar surface area (TPSA) is 41.6 Å². The van der Waals surface area contributed by atoms with Crippen molar-refractivity contribution in [2.24, 2.45) is 10.7 Å². The molecule has 1 aliphatic heterocycles. The largest absolute Gasteiger partial charge is 0.329 e. The predicted octanol–water partition coefficient (Wildman–Crippen LogP) is 3.35. The quantitative estimate of drug-likeness (QED) is 0.460. The van der Waals surface area contributed by atoms with Gasteiger partial charge in [-0.3, -0.25) is 9.89 Å². The number of aliphatic imine (C=N–C) groups is 1. The van der Waals surface area contributed by atoms with E-state index in [1.165, 1.54) is 51.4 Å². The zero-order chi connectivity index (χ0) is 13.8. The van der Waals surface area contributed by atoms with Gasteiger partial charge < -0.3 is 5.73 Å². The summed E-state index contributed by atoms with van der Waals surface area (Å²) < 4.78 is 0. The molecule has 0 radical (unpaired) electrons. The van der Waals surface area contributed by atoms with Crippen LogP contribution in [0.2, 0.25) is 0 Å². The van der Waals surface area contributed by atoms with E-state index < -0.39 is 0 Å². The monoisotopic (exact) mass is 265 g/mol. The lowest BCUT2D eigenvalue weighted by atomic mass is 10.1. The summed E-state index contributed by atoms with van der Waals surface area (Å²) in [6.45, 7) is 4.87. The standard InChI is InChI=1S/C16H31N3/c1-2-3-4-5-6-7-8-9-10-11-16-18-13-15-19(16)14-12-17/h10-11,13,16H,2-9,12,14-15,17H2,1H3/b11-10+. The predicted molar refractivity (Wildman–Crippen MR) is 84.7 cm³/mol. The molecule has 0 fully saturated rings. The van der Waals surface area contributed by atoms with E-state index in [4.69, 9.17) is 5.73 Å². The first-order valence-corrected chi connectivity index (χ1v) is 8.01. The molecule has 1 heterocycles. The molecule has 0 bridgehead atoms. The molecule has 3 heteroatoms. The van der Waals surface area contributed by atoms with E-state index in [0.29, 0.717) is 6.54 Å². The van der Waals surface area contributed by atoms with Gasteiger partial charge in [0.2, 0.25) is 0 Å². The Balaban J connectivity index is 1.99. The van der Waals surface area contributed by atoms with Crippen molar-refractivity contribution in [1.82, 2.24) is 4.90 Å². The lowest BCUT2D eigenvalue weighted by Gasteiger charge is -2.18. The van der Waals surface area contributed by atoms with Gasteiger partial charge in [0, 0.05) is 25.8 Å². The van der Waals surface area contributed by atoms with Crippen molar-refractivity contribution in [3.63, 3.8) is 0 Å². The van der Waals surface area contributed by atoms with Gasteiger partial charge in [-0.25, -0.2) is 0 Å². The summed E-state index contributed by atoms with van der Waals surface area (Å²) in [5.74, 6) is 0. The van der Waals surface area contributed by atoms with Gasteiger partial charge in [-0.1, -0.05) is 51.5 Å². The Hall–Kier alpha value is -0.670. The first-order valence-electron chi connectivity index (χ1n) is 8.01. The fourth-order valence-corrected chi connectivity index (χ4v) is 2.46. The highest BCUT2D eigenvalue weighted by atomic mass is 15.3. The molecule has 1 unspecified atom stereocenters. The second-order valence-corrected chi connectivity index (χ2v) is 5.37. The number of nitrogens with two attached hydrogens (primary N) is 1. The molecule has 1 atom stereocenters. The van der Waals surface area contributed by atoms with Crippen molar-refractivity contribution in [3.05, 3.63) is 12.2 Å². The second kappa shape index (κ2) is 11.2. The molecule has 1 rings (SSSR count). The van der Waals surface area contributed by atoms with Gasteiger partial charge in [0.05, 0.1) is 0 Å². The zero-order valence-electron chi connectivity index (χ0n) is 12.6. The molecular formula is C16H31N3. The SMILES string of the molecule is CCCCCCCCC/C=C/C1N=CCN1CCN. The lowest BCUT2D eigenvalue weighted by Crippen LogP contribution is -2.33. The minimum absolute atomic E-state index is 0.244. The lowest BCUT2D eigenvalue weighted by molar-refractivity contribution is 0.297. The molecule has 0 saturated carbocycles. The van der Waals surface area contributed by atoms with E-state index in [1.807, 2.05) is 6.21 Å². The number of hydrogen-bond acceptors (Lipinski definition) is 3. The Morgan fingerprint density at radius 2 is 1.95 bits per heavy atom. The second-order valence-electron chi connectivity index (χ2n) is 5.37. The third-order valence-electron chi connectivity index (χ3n) is 3.65.